The highest BCUT2D eigenvalue weighted by Crippen LogP contribution is 2.40. The molecule has 23 heavy (non-hydrogen) atoms. The van der Waals surface area contributed by atoms with Gasteiger partial charge in [-0.2, -0.15) is 0 Å². The van der Waals surface area contributed by atoms with Crippen LogP contribution < -0.4 is 0 Å². The van der Waals surface area contributed by atoms with Crippen LogP contribution in [0, 0.1) is 0 Å². The summed E-state index contributed by atoms with van der Waals surface area (Å²) in [5, 5.41) is 0. The lowest BCUT2D eigenvalue weighted by Crippen LogP contribution is -2.65. The molecule has 3 heterocycles. The number of rotatable bonds is 0. The first-order valence-corrected chi connectivity index (χ1v) is 8.13. The van der Waals surface area contributed by atoms with Gasteiger partial charge in [0.1, 0.15) is 23.9 Å². The monoisotopic (exact) mass is 327 g/mol. The van der Waals surface area contributed by atoms with Gasteiger partial charge < -0.3 is 18.9 Å². The van der Waals surface area contributed by atoms with Crippen molar-refractivity contribution in [3.63, 3.8) is 0 Å². The van der Waals surface area contributed by atoms with Crippen LogP contribution in [-0.2, 0) is 23.7 Å². The summed E-state index contributed by atoms with van der Waals surface area (Å²) in [7, 11) is 0. The van der Waals surface area contributed by atoms with Crippen LogP contribution >= 0.6 is 0 Å². The molecule has 0 N–H and O–H groups in total. The Morgan fingerprint density at radius 2 is 2.00 bits per heavy atom. The minimum atomic E-state index is -0.875. The second-order valence-corrected chi connectivity index (χ2v) is 7.80. The third-order valence-electron chi connectivity index (χ3n) is 4.22. The molecule has 0 aromatic heterocycles. The molecule has 1 amide bonds. The molecular weight excluding hydrogens is 302 g/mol. The fourth-order valence-corrected chi connectivity index (χ4v) is 3.47. The zero-order valence-corrected chi connectivity index (χ0v) is 14.3. The number of hydrogen-bond donors (Lipinski definition) is 0. The van der Waals surface area contributed by atoms with Crippen molar-refractivity contribution < 1.29 is 28.5 Å². The van der Waals surface area contributed by atoms with E-state index < -0.39 is 35.7 Å². The number of ether oxygens (including phenoxy) is 4. The summed E-state index contributed by atoms with van der Waals surface area (Å²) in [5.41, 5.74) is -0.582. The number of nitrogens with zero attached hydrogens (tertiary/aromatic N) is 1. The third kappa shape index (κ3) is 3.17. The number of carbonyl (C=O) groups is 2. The van der Waals surface area contributed by atoms with Gasteiger partial charge in [-0.3, -0.25) is 4.90 Å². The van der Waals surface area contributed by atoms with Crippen molar-refractivity contribution in [2.75, 3.05) is 6.54 Å². The van der Waals surface area contributed by atoms with E-state index in [2.05, 4.69) is 0 Å². The normalized spacial score (nSPS) is 36.0. The highest BCUT2D eigenvalue weighted by atomic mass is 16.8. The Balaban J connectivity index is 1.86. The lowest BCUT2D eigenvalue weighted by Gasteiger charge is -2.46. The first-order chi connectivity index (χ1) is 10.6. The maximum Gasteiger partial charge on any atom is 0.410 e. The van der Waals surface area contributed by atoms with Crippen LogP contribution in [-0.4, -0.2) is 59.2 Å². The van der Waals surface area contributed by atoms with E-state index in [9.17, 15) is 9.59 Å². The molecule has 3 rings (SSSR count). The highest BCUT2D eigenvalue weighted by molar-refractivity contribution is 5.78. The number of esters is 1. The summed E-state index contributed by atoms with van der Waals surface area (Å²) >= 11 is 0. The van der Waals surface area contributed by atoms with E-state index in [1.54, 1.807) is 18.7 Å². The van der Waals surface area contributed by atoms with Crippen LogP contribution in [0.3, 0.4) is 0 Å². The quantitative estimate of drug-likeness (QED) is 0.632. The number of fused-ring (bicyclic) bond motifs is 3. The Kier molecular flexibility index (Phi) is 3.84. The molecule has 3 aliphatic rings. The second-order valence-electron chi connectivity index (χ2n) is 7.80. The van der Waals surface area contributed by atoms with Crippen molar-refractivity contribution in [3.8, 4) is 0 Å². The SMILES string of the molecule is CC(C)(C)OC(=O)N1CCC[C@@H]2OC(=O)C3OC(C)(C)OC3[C@@H]21. The molecule has 7 nitrogen and oxygen atoms in total. The van der Waals surface area contributed by atoms with Crippen molar-refractivity contribution >= 4 is 12.1 Å². The van der Waals surface area contributed by atoms with E-state index in [0.717, 1.165) is 6.42 Å². The average molecular weight is 327 g/mol. The van der Waals surface area contributed by atoms with Gasteiger partial charge >= 0.3 is 12.1 Å². The molecule has 0 bridgehead atoms. The molecule has 0 radical (unpaired) electrons. The van der Waals surface area contributed by atoms with E-state index >= 15 is 0 Å². The molecule has 0 aliphatic carbocycles. The van der Waals surface area contributed by atoms with Crippen LogP contribution in [0.1, 0.15) is 47.5 Å². The van der Waals surface area contributed by atoms with Gasteiger partial charge in [0.25, 0.3) is 0 Å². The predicted molar refractivity (Wildman–Crippen MR) is 79.7 cm³/mol. The van der Waals surface area contributed by atoms with E-state index in [1.165, 1.54) is 0 Å². The standard InChI is InChI=1S/C16H25NO6/c1-15(2,3)23-14(19)17-8-6-7-9-10(17)11-12(13(18)20-9)22-16(4,5)21-11/h9-12H,6-8H2,1-5H3/t9-,10+,11?,12?/m0/s1. The highest BCUT2D eigenvalue weighted by Gasteiger charge is 2.59. The van der Waals surface area contributed by atoms with Crippen molar-refractivity contribution in [3.05, 3.63) is 0 Å². The summed E-state index contributed by atoms with van der Waals surface area (Å²) in [6.07, 6.45) is -0.629. The van der Waals surface area contributed by atoms with Crippen LogP contribution in [0.15, 0.2) is 0 Å². The van der Waals surface area contributed by atoms with Gasteiger partial charge in [-0.05, 0) is 47.5 Å². The van der Waals surface area contributed by atoms with Crippen LogP contribution in [0.5, 0.6) is 0 Å². The fraction of sp³-hybridized carbons (Fsp3) is 0.875. The molecule has 130 valence electrons. The molecule has 0 spiro atoms. The summed E-state index contributed by atoms with van der Waals surface area (Å²) in [4.78, 5) is 26.4. The molecule has 0 aromatic carbocycles. The molecule has 3 saturated heterocycles. The van der Waals surface area contributed by atoms with E-state index in [0.29, 0.717) is 13.0 Å². The maximum absolute atomic E-state index is 12.6. The third-order valence-corrected chi connectivity index (χ3v) is 4.22. The topological polar surface area (TPSA) is 74.3 Å². The fourth-order valence-electron chi connectivity index (χ4n) is 3.47. The Morgan fingerprint density at radius 3 is 2.65 bits per heavy atom. The number of likely N-dealkylation sites (tertiary alicyclic amines) is 1. The van der Waals surface area contributed by atoms with Gasteiger partial charge in [-0.25, -0.2) is 9.59 Å². The van der Waals surface area contributed by atoms with Gasteiger partial charge in [-0.1, -0.05) is 0 Å². The Hall–Kier alpha value is -1.34. The molecule has 0 saturated carbocycles. The van der Waals surface area contributed by atoms with Gasteiger partial charge in [0.2, 0.25) is 0 Å². The summed E-state index contributed by atoms with van der Waals surface area (Å²) in [5.74, 6) is -1.28. The molecule has 7 heteroatoms. The summed E-state index contributed by atoms with van der Waals surface area (Å²) in [6, 6.07) is -0.372. The molecular formula is C16H25NO6. The van der Waals surface area contributed by atoms with E-state index in [1.807, 2.05) is 20.8 Å². The Bertz CT molecular complexity index is 511. The van der Waals surface area contributed by atoms with E-state index in [-0.39, 0.29) is 12.1 Å². The maximum atomic E-state index is 12.6. The number of piperidine rings is 1. The van der Waals surface area contributed by atoms with Crippen molar-refractivity contribution in [1.82, 2.24) is 4.90 Å². The Morgan fingerprint density at radius 1 is 1.30 bits per heavy atom. The lowest BCUT2D eigenvalue weighted by atomic mass is 9.89. The van der Waals surface area contributed by atoms with Gasteiger partial charge in [0.15, 0.2) is 11.9 Å². The van der Waals surface area contributed by atoms with Crippen molar-refractivity contribution in [2.45, 2.75) is 83.2 Å². The zero-order valence-electron chi connectivity index (χ0n) is 14.3. The summed E-state index contributed by atoms with van der Waals surface area (Å²) in [6.45, 7) is 9.56. The van der Waals surface area contributed by atoms with Gasteiger partial charge in [0, 0.05) is 6.54 Å². The lowest BCUT2D eigenvalue weighted by molar-refractivity contribution is -0.183. The predicted octanol–water partition coefficient (Wildman–Crippen LogP) is 1.83. The zero-order chi connectivity index (χ0) is 17.0. The number of carbonyl (C=O) groups excluding carboxylic acids is 2. The van der Waals surface area contributed by atoms with Crippen LogP contribution in [0.25, 0.3) is 0 Å². The molecule has 2 unspecified atom stereocenters. The molecule has 3 aliphatic heterocycles. The van der Waals surface area contributed by atoms with Crippen molar-refractivity contribution in [2.24, 2.45) is 0 Å². The minimum Gasteiger partial charge on any atom is -0.458 e. The van der Waals surface area contributed by atoms with Crippen molar-refractivity contribution in [1.29, 1.82) is 0 Å². The minimum absolute atomic E-state index is 0.372. The first-order valence-electron chi connectivity index (χ1n) is 8.13. The van der Waals surface area contributed by atoms with Crippen LogP contribution in [0.2, 0.25) is 0 Å². The molecule has 0 aromatic rings. The van der Waals surface area contributed by atoms with E-state index in [4.69, 9.17) is 18.9 Å². The smallest absolute Gasteiger partial charge is 0.410 e. The number of hydrogen-bond acceptors (Lipinski definition) is 6. The Labute approximate surface area is 136 Å². The number of amides is 1. The van der Waals surface area contributed by atoms with Gasteiger partial charge in [-0.15, -0.1) is 0 Å². The van der Waals surface area contributed by atoms with Crippen LogP contribution in [0.4, 0.5) is 4.79 Å². The first kappa shape index (κ1) is 16.5. The average Bonchev–Trinajstić information content (AvgIpc) is 2.72. The molecule has 4 atom stereocenters. The summed E-state index contributed by atoms with van der Waals surface area (Å²) < 4.78 is 22.6. The van der Waals surface area contributed by atoms with Gasteiger partial charge in [0.05, 0.1) is 0 Å². The second kappa shape index (κ2) is 5.34. The molecule has 3 fully saturated rings. The largest absolute Gasteiger partial charge is 0.458 e.